The van der Waals surface area contributed by atoms with Crippen molar-refractivity contribution in [3.8, 4) is 0 Å². The van der Waals surface area contributed by atoms with Gasteiger partial charge in [-0.2, -0.15) is 0 Å². The lowest BCUT2D eigenvalue weighted by Crippen LogP contribution is -2.26. The molecule has 0 saturated carbocycles. The molecule has 0 saturated heterocycles. The first-order valence-corrected chi connectivity index (χ1v) is 4.90. The van der Waals surface area contributed by atoms with Gasteiger partial charge in [-0.1, -0.05) is 6.08 Å². The Bertz CT molecular complexity index is 268. The van der Waals surface area contributed by atoms with E-state index in [9.17, 15) is 0 Å². The van der Waals surface area contributed by atoms with Gasteiger partial charge in [-0.25, -0.2) is 0 Å². The van der Waals surface area contributed by atoms with Crippen LogP contribution in [0, 0.1) is 6.92 Å². The zero-order valence-corrected chi connectivity index (χ0v) is 8.68. The van der Waals surface area contributed by atoms with Crippen molar-refractivity contribution in [3.63, 3.8) is 0 Å². The van der Waals surface area contributed by atoms with E-state index < -0.39 is 0 Å². The summed E-state index contributed by atoms with van der Waals surface area (Å²) in [6.07, 6.45) is 1.86. The quantitative estimate of drug-likeness (QED) is 0.509. The maximum Gasteiger partial charge on any atom is 0.117 e. The summed E-state index contributed by atoms with van der Waals surface area (Å²) in [5.41, 5.74) is 0. The summed E-state index contributed by atoms with van der Waals surface area (Å²) >= 11 is 0. The van der Waals surface area contributed by atoms with Crippen LogP contribution in [-0.2, 0) is 6.54 Å². The highest BCUT2D eigenvalue weighted by Crippen LogP contribution is 2.04. The van der Waals surface area contributed by atoms with E-state index in [0.29, 0.717) is 0 Å². The Morgan fingerprint density at radius 2 is 2.14 bits per heavy atom. The molecule has 14 heavy (non-hydrogen) atoms. The number of nitrogens with one attached hydrogen (secondary N) is 2. The van der Waals surface area contributed by atoms with Crippen LogP contribution in [0.3, 0.4) is 0 Å². The standard InChI is InChI=1S/C11H18N2O/c1-3-6-12-7-8-13-9-11-5-4-10(2)14-11/h3-5,12-13H,1,6-9H2,2H3. The molecule has 0 spiro atoms. The fourth-order valence-electron chi connectivity index (χ4n) is 1.17. The summed E-state index contributed by atoms with van der Waals surface area (Å²) in [5.74, 6) is 1.96. The highest BCUT2D eigenvalue weighted by atomic mass is 16.3. The van der Waals surface area contributed by atoms with Crippen LogP contribution in [0.5, 0.6) is 0 Å². The molecule has 0 fully saturated rings. The molecule has 1 heterocycles. The average molecular weight is 194 g/mol. The number of hydrogen-bond acceptors (Lipinski definition) is 3. The molecular formula is C11H18N2O. The van der Waals surface area contributed by atoms with Crippen LogP contribution in [-0.4, -0.2) is 19.6 Å². The lowest BCUT2D eigenvalue weighted by Gasteiger charge is -2.02. The van der Waals surface area contributed by atoms with Gasteiger partial charge in [0, 0.05) is 19.6 Å². The second kappa shape index (κ2) is 6.40. The predicted molar refractivity (Wildman–Crippen MR) is 58.2 cm³/mol. The minimum absolute atomic E-state index is 0.795. The van der Waals surface area contributed by atoms with Gasteiger partial charge in [0.25, 0.3) is 0 Å². The molecule has 0 aromatic carbocycles. The number of aryl methyl sites for hydroxylation is 1. The maximum atomic E-state index is 5.41. The van der Waals surface area contributed by atoms with Gasteiger partial charge in [-0.05, 0) is 19.1 Å². The molecule has 0 aliphatic rings. The molecule has 0 bridgehead atoms. The van der Waals surface area contributed by atoms with Gasteiger partial charge in [0.05, 0.1) is 6.54 Å². The first-order chi connectivity index (χ1) is 6.83. The summed E-state index contributed by atoms with van der Waals surface area (Å²) in [6.45, 7) is 9.13. The predicted octanol–water partition coefficient (Wildman–Crippen LogP) is 1.45. The second-order valence-corrected chi connectivity index (χ2v) is 3.18. The molecule has 0 aliphatic heterocycles. The Labute approximate surface area is 85.2 Å². The first-order valence-electron chi connectivity index (χ1n) is 4.90. The molecule has 3 nitrogen and oxygen atoms in total. The Hall–Kier alpha value is -1.06. The summed E-state index contributed by atoms with van der Waals surface area (Å²) in [7, 11) is 0. The van der Waals surface area contributed by atoms with E-state index in [-0.39, 0.29) is 0 Å². The lowest BCUT2D eigenvalue weighted by atomic mass is 10.4. The number of hydrogen-bond donors (Lipinski definition) is 2. The van der Waals surface area contributed by atoms with Gasteiger partial charge in [0.2, 0.25) is 0 Å². The molecule has 0 aliphatic carbocycles. The van der Waals surface area contributed by atoms with Crippen molar-refractivity contribution < 1.29 is 4.42 Å². The van der Waals surface area contributed by atoms with Crippen molar-refractivity contribution in [2.45, 2.75) is 13.5 Å². The normalized spacial score (nSPS) is 10.4. The molecule has 1 aromatic heterocycles. The Morgan fingerprint density at radius 3 is 2.79 bits per heavy atom. The third kappa shape index (κ3) is 4.25. The van der Waals surface area contributed by atoms with E-state index in [1.165, 1.54) is 0 Å². The van der Waals surface area contributed by atoms with Crippen LogP contribution in [0.4, 0.5) is 0 Å². The Balaban J connectivity index is 2.01. The van der Waals surface area contributed by atoms with Crippen LogP contribution in [0.1, 0.15) is 11.5 Å². The molecular weight excluding hydrogens is 176 g/mol. The van der Waals surface area contributed by atoms with Crippen molar-refractivity contribution in [1.82, 2.24) is 10.6 Å². The molecule has 1 aromatic rings. The monoisotopic (exact) mass is 194 g/mol. The summed E-state index contributed by atoms with van der Waals surface area (Å²) in [6, 6.07) is 3.98. The van der Waals surface area contributed by atoms with Gasteiger partial charge in [-0.15, -0.1) is 6.58 Å². The van der Waals surface area contributed by atoms with Crippen LogP contribution >= 0.6 is 0 Å². The summed E-state index contributed by atoms with van der Waals surface area (Å²) in [5, 5.41) is 6.50. The molecule has 0 amide bonds. The molecule has 3 heteroatoms. The van der Waals surface area contributed by atoms with Crippen LogP contribution in [0.2, 0.25) is 0 Å². The van der Waals surface area contributed by atoms with Gasteiger partial charge in [0.1, 0.15) is 11.5 Å². The highest BCUT2D eigenvalue weighted by molar-refractivity contribution is 5.04. The molecule has 78 valence electrons. The number of furan rings is 1. The van der Waals surface area contributed by atoms with E-state index in [2.05, 4.69) is 17.2 Å². The Morgan fingerprint density at radius 1 is 1.36 bits per heavy atom. The van der Waals surface area contributed by atoms with Gasteiger partial charge in [0.15, 0.2) is 0 Å². The van der Waals surface area contributed by atoms with Crippen molar-refractivity contribution >= 4 is 0 Å². The van der Waals surface area contributed by atoms with Crippen molar-refractivity contribution in [2.24, 2.45) is 0 Å². The van der Waals surface area contributed by atoms with E-state index in [1.54, 1.807) is 0 Å². The maximum absolute atomic E-state index is 5.41. The molecule has 0 radical (unpaired) electrons. The second-order valence-electron chi connectivity index (χ2n) is 3.18. The zero-order chi connectivity index (χ0) is 10.2. The van der Waals surface area contributed by atoms with E-state index >= 15 is 0 Å². The summed E-state index contributed by atoms with van der Waals surface area (Å²) in [4.78, 5) is 0. The van der Waals surface area contributed by atoms with E-state index in [4.69, 9.17) is 4.42 Å². The fraction of sp³-hybridized carbons (Fsp3) is 0.455. The number of rotatable bonds is 7. The molecule has 2 N–H and O–H groups in total. The van der Waals surface area contributed by atoms with Crippen LogP contribution < -0.4 is 10.6 Å². The van der Waals surface area contributed by atoms with Crippen LogP contribution in [0.15, 0.2) is 29.2 Å². The minimum Gasteiger partial charge on any atom is -0.465 e. The summed E-state index contributed by atoms with van der Waals surface area (Å²) < 4.78 is 5.41. The first kappa shape index (κ1) is 11.0. The molecule has 1 rings (SSSR count). The average Bonchev–Trinajstić information content (AvgIpc) is 2.58. The molecule has 0 atom stereocenters. The Kier molecular flexibility index (Phi) is 5.04. The van der Waals surface area contributed by atoms with Crippen LogP contribution in [0.25, 0.3) is 0 Å². The third-order valence-electron chi connectivity index (χ3n) is 1.86. The minimum atomic E-state index is 0.795. The smallest absolute Gasteiger partial charge is 0.117 e. The fourth-order valence-corrected chi connectivity index (χ4v) is 1.17. The van der Waals surface area contributed by atoms with E-state index in [0.717, 1.165) is 37.7 Å². The van der Waals surface area contributed by atoms with Crippen molar-refractivity contribution in [2.75, 3.05) is 19.6 Å². The van der Waals surface area contributed by atoms with E-state index in [1.807, 2.05) is 25.1 Å². The SMILES string of the molecule is C=CCNCCNCc1ccc(C)o1. The van der Waals surface area contributed by atoms with Crippen molar-refractivity contribution in [1.29, 1.82) is 0 Å². The highest BCUT2D eigenvalue weighted by Gasteiger charge is 1.96. The van der Waals surface area contributed by atoms with Gasteiger partial charge >= 0.3 is 0 Å². The van der Waals surface area contributed by atoms with Crippen molar-refractivity contribution in [3.05, 3.63) is 36.3 Å². The largest absolute Gasteiger partial charge is 0.465 e. The van der Waals surface area contributed by atoms with Gasteiger partial charge in [-0.3, -0.25) is 0 Å². The third-order valence-corrected chi connectivity index (χ3v) is 1.86. The lowest BCUT2D eigenvalue weighted by molar-refractivity contribution is 0.461. The molecule has 0 unspecified atom stereocenters. The topological polar surface area (TPSA) is 37.2 Å². The van der Waals surface area contributed by atoms with Gasteiger partial charge < -0.3 is 15.1 Å². The zero-order valence-electron chi connectivity index (χ0n) is 8.68.